The predicted molar refractivity (Wildman–Crippen MR) is 135 cm³/mol. The largest absolute Gasteiger partial charge is 0.495 e. The number of pyridine rings is 1. The van der Waals surface area contributed by atoms with Crippen molar-refractivity contribution in [2.45, 2.75) is 50.7 Å². The number of rotatable bonds is 7. The van der Waals surface area contributed by atoms with Crippen LogP contribution in [-0.4, -0.2) is 48.5 Å². The first-order chi connectivity index (χ1) is 17.1. The quantitative estimate of drug-likeness (QED) is 0.506. The van der Waals surface area contributed by atoms with E-state index in [2.05, 4.69) is 4.98 Å². The number of ether oxygens (including phenoxy) is 2. The van der Waals surface area contributed by atoms with Crippen LogP contribution in [0, 0.1) is 13.8 Å². The third-order valence-corrected chi connectivity index (χ3v) is 8.32. The molecular weight excluding hydrogens is 480 g/mol. The van der Waals surface area contributed by atoms with Crippen LogP contribution in [-0.2, 0) is 21.4 Å². The fourth-order valence-electron chi connectivity index (χ4n) is 4.53. The van der Waals surface area contributed by atoms with Gasteiger partial charge in [0.1, 0.15) is 22.5 Å². The number of para-hydroxylation sites is 1. The van der Waals surface area contributed by atoms with Crippen molar-refractivity contribution in [3.63, 3.8) is 0 Å². The van der Waals surface area contributed by atoms with Gasteiger partial charge in [0.2, 0.25) is 10.0 Å². The number of methoxy groups -OCH3 is 1. The van der Waals surface area contributed by atoms with Gasteiger partial charge in [-0.2, -0.15) is 4.31 Å². The summed E-state index contributed by atoms with van der Waals surface area (Å²) >= 11 is 0. The van der Waals surface area contributed by atoms with E-state index in [0.29, 0.717) is 17.2 Å². The van der Waals surface area contributed by atoms with Gasteiger partial charge in [0.15, 0.2) is 0 Å². The number of hydrogen-bond acceptors (Lipinski definition) is 6. The Kier molecular flexibility index (Phi) is 7.33. The van der Waals surface area contributed by atoms with Gasteiger partial charge in [-0.1, -0.05) is 30.3 Å². The van der Waals surface area contributed by atoms with Crippen LogP contribution >= 0.6 is 0 Å². The maximum Gasteiger partial charge on any atom is 0.304 e. The van der Waals surface area contributed by atoms with E-state index in [1.807, 2.05) is 45.0 Å². The summed E-state index contributed by atoms with van der Waals surface area (Å²) in [6.07, 6.45) is 1.12. The maximum atomic E-state index is 13.5. The van der Waals surface area contributed by atoms with E-state index in [1.165, 1.54) is 11.4 Å². The highest BCUT2D eigenvalue weighted by Crippen LogP contribution is 2.35. The zero-order valence-electron chi connectivity index (χ0n) is 20.8. The molecule has 0 amide bonds. The van der Waals surface area contributed by atoms with E-state index in [1.54, 1.807) is 30.5 Å². The van der Waals surface area contributed by atoms with Gasteiger partial charge in [-0.3, -0.25) is 9.78 Å². The minimum atomic E-state index is -3.80. The van der Waals surface area contributed by atoms with E-state index < -0.39 is 21.9 Å². The van der Waals surface area contributed by atoms with Crippen LogP contribution in [0.3, 0.4) is 0 Å². The van der Waals surface area contributed by atoms with Crippen molar-refractivity contribution in [1.82, 2.24) is 9.29 Å². The number of aromatic nitrogens is 1. The number of hydrogen-bond donors (Lipinski definition) is 1. The van der Waals surface area contributed by atoms with Gasteiger partial charge < -0.3 is 14.6 Å². The summed E-state index contributed by atoms with van der Waals surface area (Å²) in [5.41, 5.74) is 3.95. The summed E-state index contributed by atoms with van der Waals surface area (Å²) < 4.78 is 39.7. The topological polar surface area (TPSA) is 106 Å². The van der Waals surface area contributed by atoms with Gasteiger partial charge in [0.05, 0.1) is 26.3 Å². The lowest BCUT2D eigenvalue weighted by Gasteiger charge is -2.24. The Labute approximate surface area is 211 Å². The van der Waals surface area contributed by atoms with Crippen LogP contribution in [0.1, 0.15) is 47.2 Å². The summed E-state index contributed by atoms with van der Waals surface area (Å²) in [4.78, 5) is 16.3. The summed E-state index contributed by atoms with van der Waals surface area (Å²) in [6, 6.07) is 14.2. The molecule has 1 aliphatic heterocycles. The number of sulfonamides is 1. The van der Waals surface area contributed by atoms with Gasteiger partial charge in [-0.05, 0) is 61.2 Å². The fourth-order valence-corrected chi connectivity index (χ4v) is 6.15. The van der Waals surface area contributed by atoms with E-state index >= 15 is 0 Å². The Hall–Kier alpha value is -3.43. The number of benzene rings is 2. The molecule has 36 heavy (non-hydrogen) atoms. The molecule has 0 spiro atoms. The minimum Gasteiger partial charge on any atom is -0.495 e. The lowest BCUT2D eigenvalue weighted by atomic mass is 9.86. The van der Waals surface area contributed by atoms with Crippen molar-refractivity contribution < 1.29 is 27.8 Å². The van der Waals surface area contributed by atoms with Gasteiger partial charge >= 0.3 is 5.97 Å². The van der Waals surface area contributed by atoms with E-state index in [-0.39, 0.29) is 30.5 Å². The first-order valence-corrected chi connectivity index (χ1v) is 13.1. The van der Waals surface area contributed by atoms with Crippen molar-refractivity contribution in [3.05, 3.63) is 82.7 Å². The van der Waals surface area contributed by atoms with E-state index in [0.717, 1.165) is 22.3 Å². The number of carboxylic acids is 1. The van der Waals surface area contributed by atoms with Crippen molar-refractivity contribution in [3.8, 4) is 11.5 Å². The summed E-state index contributed by atoms with van der Waals surface area (Å²) in [5, 5.41) is 9.68. The molecule has 0 saturated heterocycles. The summed E-state index contributed by atoms with van der Waals surface area (Å²) in [5.74, 6) is -0.530. The molecule has 3 aromatic rings. The highest BCUT2D eigenvalue weighted by Gasteiger charge is 2.33. The smallest absolute Gasteiger partial charge is 0.304 e. The molecule has 2 unspecified atom stereocenters. The van der Waals surface area contributed by atoms with Crippen LogP contribution in [0.2, 0.25) is 0 Å². The van der Waals surface area contributed by atoms with Crippen LogP contribution in [0.5, 0.6) is 11.5 Å². The number of aryl methyl sites for hydroxylation is 2. The van der Waals surface area contributed by atoms with Gasteiger partial charge in [0.25, 0.3) is 0 Å². The molecule has 8 nitrogen and oxygen atoms in total. The van der Waals surface area contributed by atoms with Crippen LogP contribution in [0.4, 0.5) is 0 Å². The molecule has 0 fully saturated rings. The predicted octanol–water partition coefficient (Wildman–Crippen LogP) is 4.29. The monoisotopic (exact) mass is 510 g/mol. The Balaban J connectivity index is 1.75. The first-order valence-electron chi connectivity index (χ1n) is 11.7. The summed E-state index contributed by atoms with van der Waals surface area (Å²) in [6.45, 7) is 5.93. The van der Waals surface area contributed by atoms with Gasteiger partial charge in [-0.25, -0.2) is 8.42 Å². The molecule has 9 heteroatoms. The van der Waals surface area contributed by atoms with Crippen LogP contribution in [0.15, 0.2) is 59.6 Å². The molecule has 0 radical (unpaired) electrons. The molecule has 4 rings (SSSR count). The molecular formula is C27H30N2O6S. The Morgan fingerprint density at radius 2 is 1.97 bits per heavy atom. The number of carbonyl (C=O) groups is 1. The second-order valence-corrected chi connectivity index (χ2v) is 11.0. The molecule has 1 aliphatic rings. The standard InChI is InChI=1S/C27H30N2O6S/c1-17-9-10-20(24(13-27(30)31)23-12-22(34-4)14-28-19(23)3)11-21(17)16-29-15-18(2)35-25-7-5-6-8-26(25)36(29,32)33/h5-12,14,18,24H,13,15-16H2,1-4H3,(H,30,31). The average Bonchev–Trinajstić information content (AvgIpc) is 2.93. The Morgan fingerprint density at radius 1 is 1.22 bits per heavy atom. The van der Waals surface area contributed by atoms with Crippen molar-refractivity contribution in [2.75, 3.05) is 13.7 Å². The second-order valence-electron chi connectivity index (χ2n) is 9.06. The fraction of sp³-hybridized carbons (Fsp3) is 0.333. The van der Waals surface area contributed by atoms with Crippen LogP contribution in [0.25, 0.3) is 0 Å². The molecule has 0 saturated carbocycles. The maximum absolute atomic E-state index is 13.5. The number of fused-ring (bicyclic) bond motifs is 1. The zero-order valence-corrected chi connectivity index (χ0v) is 21.6. The van der Waals surface area contributed by atoms with Crippen molar-refractivity contribution >= 4 is 16.0 Å². The molecule has 2 atom stereocenters. The molecule has 0 bridgehead atoms. The van der Waals surface area contributed by atoms with Gasteiger partial charge in [0, 0.05) is 18.2 Å². The minimum absolute atomic E-state index is 0.138. The second kappa shape index (κ2) is 10.3. The molecule has 190 valence electrons. The summed E-state index contributed by atoms with van der Waals surface area (Å²) in [7, 11) is -2.26. The lowest BCUT2D eigenvalue weighted by molar-refractivity contribution is -0.137. The van der Waals surface area contributed by atoms with Crippen LogP contribution < -0.4 is 9.47 Å². The first kappa shape index (κ1) is 25.7. The highest BCUT2D eigenvalue weighted by molar-refractivity contribution is 7.89. The average molecular weight is 511 g/mol. The third-order valence-electron chi connectivity index (χ3n) is 6.47. The molecule has 1 aromatic heterocycles. The molecule has 2 heterocycles. The number of carboxylic acid groups (broad SMARTS) is 1. The van der Waals surface area contributed by atoms with Crippen molar-refractivity contribution in [2.24, 2.45) is 0 Å². The Morgan fingerprint density at radius 3 is 2.69 bits per heavy atom. The van der Waals surface area contributed by atoms with Gasteiger partial charge in [-0.15, -0.1) is 0 Å². The molecule has 2 aromatic carbocycles. The van der Waals surface area contributed by atoms with Crippen molar-refractivity contribution in [1.29, 1.82) is 0 Å². The number of aliphatic carboxylic acids is 1. The molecule has 0 aliphatic carbocycles. The lowest BCUT2D eigenvalue weighted by Crippen LogP contribution is -2.35. The SMILES string of the molecule is COc1cnc(C)c(C(CC(=O)O)c2ccc(C)c(CN3CC(C)Oc4ccccc4S3(=O)=O)c2)c1. The Bertz CT molecular complexity index is 1390. The zero-order chi connectivity index (χ0) is 26.0. The van der Waals surface area contributed by atoms with E-state index in [4.69, 9.17) is 9.47 Å². The molecule has 1 N–H and O–H groups in total. The van der Waals surface area contributed by atoms with E-state index in [9.17, 15) is 18.3 Å². The number of nitrogens with zero attached hydrogens (tertiary/aromatic N) is 2. The normalized spacial score (nSPS) is 17.9. The third kappa shape index (κ3) is 5.22. The highest BCUT2D eigenvalue weighted by atomic mass is 32.2.